The molecule has 4 rings (SSSR count). The number of fused-ring (bicyclic) bond motifs is 1. The van der Waals surface area contributed by atoms with Crippen molar-refractivity contribution in [3.63, 3.8) is 0 Å². The molecule has 0 N–H and O–H groups in total. The minimum Gasteiger partial charge on any atom is -0.497 e. The van der Waals surface area contributed by atoms with Gasteiger partial charge in [0.05, 0.1) is 23.5 Å². The second kappa shape index (κ2) is 9.01. The van der Waals surface area contributed by atoms with Crippen LogP contribution in [0.3, 0.4) is 0 Å². The minimum absolute atomic E-state index is 0.0385. The quantitative estimate of drug-likeness (QED) is 0.513. The third kappa shape index (κ3) is 4.08. The molecule has 0 unspecified atom stereocenters. The maximum absolute atomic E-state index is 13.5. The number of thioether (sulfide) groups is 2. The van der Waals surface area contributed by atoms with Crippen LogP contribution in [0.4, 0.5) is 11.4 Å². The maximum atomic E-state index is 13.5. The van der Waals surface area contributed by atoms with Crippen LogP contribution in [-0.2, 0) is 4.79 Å². The number of benzene rings is 2. The highest BCUT2D eigenvalue weighted by Gasteiger charge is 2.39. The number of unbranched alkanes of at least 4 members (excludes halogenated alkanes) is 1. The van der Waals surface area contributed by atoms with Gasteiger partial charge in [0.2, 0.25) is 0 Å². The van der Waals surface area contributed by atoms with Crippen molar-refractivity contribution in [2.75, 3.05) is 25.6 Å². The Kier molecular flexibility index (Phi) is 6.34. The summed E-state index contributed by atoms with van der Waals surface area (Å²) in [5, 5.41) is 1.71. The van der Waals surface area contributed by atoms with E-state index in [4.69, 9.17) is 9.73 Å². The monoisotopic (exact) mass is 453 g/mol. The van der Waals surface area contributed by atoms with Crippen molar-refractivity contribution in [3.8, 4) is 5.75 Å². The van der Waals surface area contributed by atoms with Gasteiger partial charge in [0.15, 0.2) is 5.17 Å². The van der Waals surface area contributed by atoms with E-state index in [1.807, 2.05) is 42.3 Å². The highest BCUT2D eigenvalue weighted by Crippen LogP contribution is 2.51. The van der Waals surface area contributed by atoms with Crippen LogP contribution in [0.5, 0.6) is 5.75 Å². The van der Waals surface area contributed by atoms with Crippen LogP contribution in [-0.4, -0.2) is 36.7 Å². The number of hydrogen-bond acceptors (Lipinski definition) is 6. The largest absolute Gasteiger partial charge is 0.497 e. The van der Waals surface area contributed by atoms with Crippen LogP contribution in [0.1, 0.15) is 30.9 Å². The number of methoxy groups -OCH3 is 1. The van der Waals surface area contributed by atoms with E-state index in [0.717, 1.165) is 55.5 Å². The Morgan fingerprint density at radius 1 is 1.13 bits per heavy atom. The zero-order chi connectivity index (χ0) is 22.1. The number of carbonyl (C=O) groups excluding carboxylic acids is 1. The first-order chi connectivity index (χ1) is 14.9. The van der Waals surface area contributed by atoms with Crippen molar-refractivity contribution in [3.05, 3.63) is 57.5 Å². The zero-order valence-corrected chi connectivity index (χ0v) is 20.2. The Bertz CT molecular complexity index is 1090. The molecule has 2 aliphatic heterocycles. The minimum atomic E-state index is 0.0385. The molecular formula is C24H27N3O2S2. The number of rotatable bonds is 5. The van der Waals surface area contributed by atoms with Crippen LogP contribution in [0, 0.1) is 13.8 Å². The van der Waals surface area contributed by atoms with Crippen molar-refractivity contribution in [1.82, 2.24) is 4.90 Å². The number of amides is 1. The molecule has 0 radical (unpaired) electrons. The second-order valence-corrected chi connectivity index (χ2v) is 9.66. The molecule has 0 saturated carbocycles. The molecule has 0 spiro atoms. The summed E-state index contributed by atoms with van der Waals surface area (Å²) in [4.78, 5) is 24.2. The smallest absolute Gasteiger partial charge is 0.269 e. The molecule has 0 bridgehead atoms. The SMILES string of the molecule is CCCCN1C(=O)C(=C2Sc3ccc(OC)cc3N2C)SC1=Nc1cccc(C)c1C. The molecule has 0 atom stereocenters. The van der Waals surface area contributed by atoms with E-state index >= 15 is 0 Å². The fraction of sp³-hybridized carbons (Fsp3) is 0.333. The van der Waals surface area contributed by atoms with Crippen molar-refractivity contribution < 1.29 is 9.53 Å². The van der Waals surface area contributed by atoms with Gasteiger partial charge in [-0.2, -0.15) is 0 Å². The van der Waals surface area contributed by atoms with Gasteiger partial charge in [-0.15, -0.1) is 0 Å². The van der Waals surface area contributed by atoms with Gasteiger partial charge in [0.25, 0.3) is 5.91 Å². The summed E-state index contributed by atoms with van der Waals surface area (Å²) < 4.78 is 5.38. The fourth-order valence-corrected chi connectivity index (χ4v) is 5.89. The molecule has 1 saturated heterocycles. The number of aliphatic imine (C=N–C) groups is 1. The average Bonchev–Trinajstić information content (AvgIpc) is 3.25. The van der Waals surface area contributed by atoms with Crippen LogP contribution >= 0.6 is 23.5 Å². The lowest BCUT2D eigenvalue weighted by molar-refractivity contribution is -0.122. The third-order valence-corrected chi connectivity index (χ3v) is 8.06. The molecule has 2 heterocycles. The fourth-order valence-electron chi connectivity index (χ4n) is 3.54. The number of nitrogens with zero attached hydrogens (tertiary/aromatic N) is 3. The first-order valence-electron chi connectivity index (χ1n) is 10.4. The highest BCUT2D eigenvalue weighted by molar-refractivity contribution is 8.19. The van der Waals surface area contributed by atoms with Gasteiger partial charge < -0.3 is 9.64 Å². The lowest BCUT2D eigenvalue weighted by Crippen LogP contribution is -2.30. The van der Waals surface area contributed by atoms with Crippen LogP contribution in [0.2, 0.25) is 0 Å². The predicted molar refractivity (Wildman–Crippen MR) is 132 cm³/mol. The highest BCUT2D eigenvalue weighted by atomic mass is 32.2. The number of amidine groups is 1. The zero-order valence-electron chi connectivity index (χ0n) is 18.6. The van der Waals surface area contributed by atoms with E-state index in [0.29, 0.717) is 6.54 Å². The summed E-state index contributed by atoms with van der Waals surface area (Å²) in [6.07, 6.45) is 1.97. The summed E-state index contributed by atoms with van der Waals surface area (Å²) in [5.41, 5.74) is 4.32. The predicted octanol–water partition coefficient (Wildman–Crippen LogP) is 6.09. The Labute approximate surface area is 192 Å². The van der Waals surface area contributed by atoms with E-state index in [1.165, 1.54) is 17.3 Å². The Hall–Kier alpha value is -2.38. The molecule has 31 heavy (non-hydrogen) atoms. The van der Waals surface area contributed by atoms with E-state index in [2.05, 4.69) is 31.7 Å². The van der Waals surface area contributed by atoms with Gasteiger partial charge in [-0.25, -0.2) is 4.99 Å². The normalized spacial score (nSPS) is 19.5. The Balaban J connectivity index is 1.74. The van der Waals surface area contributed by atoms with Gasteiger partial charge in [0, 0.05) is 24.6 Å². The number of carbonyl (C=O) groups is 1. The van der Waals surface area contributed by atoms with Crippen LogP contribution < -0.4 is 9.64 Å². The molecule has 2 aromatic carbocycles. The molecule has 2 aromatic rings. The average molecular weight is 454 g/mol. The Morgan fingerprint density at radius 3 is 2.68 bits per heavy atom. The van der Waals surface area contributed by atoms with Gasteiger partial charge in [-0.05, 0) is 61.4 Å². The summed E-state index contributed by atoms with van der Waals surface area (Å²) in [7, 11) is 3.67. The molecule has 0 aliphatic carbocycles. The topological polar surface area (TPSA) is 45.1 Å². The maximum Gasteiger partial charge on any atom is 0.269 e. The molecule has 1 amide bonds. The molecule has 1 fully saturated rings. The van der Waals surface area contributed by atoms with Crippen LogP contribution in [0.25, 0.3) is 0 Å². The summed E-state index contributed by atoms with van der Waals surface area (Å²) >= 11 is 3.11. The van der Waals surface area contributed by atoms with Crippen molar-refractivity contribution >= 4 is 46.0 Å². The van der Waals surface area contributed by atoms with Gasteiger partial charge >= 0.3 is 0 Å². The molecule has 0 aromatic heterocycles. The molecular weight excluding hydrogens is 426 g/mol. The molecule has 2 aliphatic rings. The van der Waals surface area contributed by atoms with Gasteiger partial charge in [-0.3, -0.25) is 9.69 Å². The number of hydrogen-bond donors (Lipinski definition) is 0. The van der Waals surface area contributed by atoms with E-state index in [9.17, 15) is 4.79 Å². The lowest BCUT2D eigenvalue weighted by atomic mass is 10.1. The molecule has 5 nitrogen and oxygen atoms in total. The molecule has 7 heteroatoms. The standard InChI is InChI=1S/C24H27N3O2S2/c1-6-7-13-27-22(28)21(31-24(27)25-18-10-8-9-15(2)16(18)3)23-26(4)19-14-17(29-5)11-12-20(19)30-23/h8-12,14H,6-7,13H2,1-5H3. The molecule has 162 valence electrons. The number of anilines is 1. The number of aryl methyl sites for hydroxylation is 1. The lowest BCUT2D eigenvalue weighted by Gasteiger charge is -2.16. The first kappa shape index (κ1) is 21.8. The van der Waals surface area contributed by atoms with E-state index in [1.54, 1.807) is 18.9 Å². The van der Waals surface area contributed by atoms with Crippen molar-refractivity contribution in [2.45, 2.75) is 38.5 Å². The van der Waals surface area contributed by atoms with Crippen molar-refractivity contribution in [2.24, 2.45) is 4.99 Å². The van der Waals surface area contributed by atoms with Gasteiger partial charge in [0.1, 0.15) is 10.7 Å². The number of ether oxygens (including phenoxy) is 1. The van der Waals surface area contributed by atoms with Crippen LogP contribution in [0.15, 0.2) is 56.2 Å². The Morgan fingerprint density at radius 2 is 1.94 bits per heavy atom. The van der Waals surface area contributed by atoms with E-state index in [-0.39, 0.29) is 5.91 Å². The summed E-state index contributed by atoms with van der Waals surface area (Å²) in [6.45, 7) is 6.98. The second-order valence-electron chi connectivity index (χ2n) is 7.65. The third-order valence-electron chi connectivity index (χ3n) is 5.62. The van der Waals surface area contributed by atoms with Gasteiger partial charge in [-0.1, -0.05) is 37.2 Å². The summed E-state index contributed by atoms with van der Waals surface area (Å²) in [5.74, 6) is 0.848. The first-order valence-corrected chi connectivity index (χ1v) is 12.1. The summed E-state index contributed by atoms with van der Waals surface area (Å²) in [6, 6.07) is 12.1. The van der Waals surface area contributed by atoms with E-state index < -0.39 is 0 Å². The van der Waals surface area contributed by atoms with Crippen molar-refractivity contribution in [1.29, 1.82) is 0 Å².